The van der Waals surface area contributed by atoms with E-state index in [4.69, 9.17) is 0 Å². The highest BCUT2D eigenvalue weighted by molar-refractivity contribution is 14.0. The number of rotatable bonds is 7. The van der Waals surface area contributed by atoms with E-state index in [0.717, 1.165) is 25.2 Å². The third-order valence-electron chi connectivity index (χ3n) is 3.21. The van der Waals surface area contributed by atoms with Gasteiger partial charge in [-0.25, -0.2) is 4.99 Å². The van der Waals surface area contributed by atoms with Crippen molar-refractivity contribution < 1.29 is 4.92 Å². The summed E-state index contributed by atoms with van der Waals surface area (Å²) in [5.74, 6) is 0.700. The zero-order valence-electron chi connectivity index (χ0n) is 13.5. The number of halogens is 1. The molecule has 0 fully saturated rings. The Hall–Kier alpha value is -2.10. The SMILES string of the molecule is CCNC(=NCc1cccc([N+](=O)[O-])c1)NCCn1cccc1.I. The molecule has 0 saturated carbocycles. The highest BCUT2D eigenvalue weighted by Gasteiger charge is 2.05. The number of non-ortho nitro benzene ring substituents is 1. The van der Waals surface area contributed by atoms with Gasteiger partial charge in [0, 0.05) is 44.2 Å². The second kappa shape index (κ2) is 10.6. The number of hydrogen-bond donors (Lipinski definition) is 2. The van der Waals surface area contributed by atoms with Crippen molar-refractivity contribution in [3.63, 3.8) is 0 Å². The fourth-order valence-corrected chi connectivity index (χ4v) is 2.10. The Bertz CT molecular complexity index is 658. The van der Waals surface area contributed by atoms with Crippen molar-refractivity contribution in [2.75, 3.05) is 13.1 Å². The number of guanidine groups is 1. The van der Waals surface area contributed by atoms with E-state index in [1.54, 1.807) is 12.1 Å². The molecule has 0 aliphatic carbocycles. The molecule has 8 heteroatoms. The molecular formula is C16H22IN5O2. The lowest BCUT2D eigenvalue weighted by Gasteiger charge is -2.11. The summed E-state index contributed by atoms with van der Waals surface area (Å²) in [6.07, 6.45) is 4.02. The number of nitro benzene ring substituents is 1. The largest absolute Gasteiger partial charge is 0.357 e. The van der Waals surface area contributed by atoms with Crippen LogP contribution in [-0.2, 0) is 13.1 Å². The fraction of sp³-hybridized carbons (Fsp3) is 0.312. The molecule has 0 saturated heterocycles. The lowest BCUT2D eigenvalue weighted by molar-refractivity contribution is -0.384. The van der Waals surface area contributed by atoms with E-state index in [9.17, 15) is 10.1 Å². The first-order valence-corrected chi connectivity index (χ1v) is 7.55. The molecule has 1 heterocycles. The highest BCUT2D eigenvalue weighted by Crippen LogP contribution is 2.13. The van der Waals surface area contributed by atoms with Crippen molar-refractivity contribution in [1.29, 1.82) is 0 Å². The van der Waals surface area contributed by atoms with Gasteiger partial charge in [0.15, 0.2) is 5.96 Å². The molecule has 2 rings (SSSR count). The quantitative estimate of drug-likeness (QED) is 0.227. The molecule has 1 aromatic heterocycles. The van der Waals surface area contributed by atoms with Crippen molar-refractivity contribution in [3.8, 4) is 0 Å². The summed E-state index contributed by atoms with van der Waals surface area (Å²) < 4.78 is 2.08. The van der Waals surface area contributed by atoms with Crippen LogP contribution in [0.25, 0.3) is 0 Å². The van der Waals surface area contributed by atoms with Crippen molar-refractivity contribution in [2.24, 2.45) is 4.99 Å². The molecule has 2 aromatic rings. The van der Waals surface area contributed by atoms with E-state index in [-0.39, 0.29) is 29.7 Å². The summed E-state index contributed by atoms with van der Waals surface area (Å²) >= 11 is 0. The normalized spacial score (nSPS) is 10.8. The summed E-state index contributed by atoms with van der Waals surface area (Å²) in [5.41, 5.74) is 0.894. The Morgan fingerprint density at radius 3 is 2.67 bits per heavy atom. The maximum atomic E-state index is 10.8. The second-order valence-corrected chi connectivity index (χ2v) is 4.97. The first-order chi connectivity index (χ1) is 11.2. The van der Waals surface area contributed by atoms with Crippen LogP contribution in [0.5, 0.6) is 0 Å². The topological polar surface area (TPSA) is 84.5 Å². The molecule has 7 nitrogen and oxygen atoms in total. The van der Waals surface area contributed by atoms with Gasteiger partial charge in [0.25, 0.3) is 5.69 Å². The monoisotopic (exact) mass is 443 g/mol. The predicted octanol–water partition coefficient (Wildman–Crippen LogP) is 2.77. The number of hydrogen-bond acceptors (Lipinski definition) is 3. The molecule has 0 unspecified atom stereocenters. The summed E-state index contributed by atoms with van der Waals surface area (Å²) in [4.78, 5) is 14.9. The van der Waals surface area contributed by atoms with Gasteiger partial charge in [-0.05, 0) is 24.6 Å². The molecule has 0 radical (unpaired) electrons. The van der Waals surface area contributed by atoms with E-state index in [1.807, 2.05) is 37.5 Å². The van der Waals surface area contributed by atoms with Gasteiger partial charge in [0.1, 0.15) is 0 Å². The number of nitrogens with one attached hydrogen (secondary N) is 2. The highest BCUT2D eigenvalue weighted by atomic mass is 127. The molecular weight excluding hydrogens is 421 g/mol. The maximum absolute atomic E-state index is 10.8. The minimum Gasteiger partial charge on any atom is -0.357 e. The number of aliphatic imine (C=N–C) groups is 1. The Morgan fingerprint density at radius 1 is 1.25 bits per heavy atom. The lowest BCUT2D eigenvalue weighted by atomic mass is 10.2. The van der Waals surface area contributed by atoms with Crippen LogP contribution in [-0.4, -0.2) is 28.5 Å². The smallest absolute Gasteiger partial charge is 0.269 e. The molecule has 0 aliphatic rings. The minimum atomic E-state index is -0.395. The van der Waals surface area contributed by atoms with Crippen LogP contribution in [0.1, 0.15) is 12.5 Å². The first-order valence-electron chi connectivity index (χ1n) is 7.55. The van der Waals surface area contributed by atoms with Gasteiger partial charge >= 0.3 is 0 Å². The molecule has 24 heavy (non-hydrogen) atoms. The van der Waals surface area contributed by atoms with Crippen LogP contribution in [0.3, 0.4) is 0 Å². The van der Waals surface area contributed by atoms with Crippen LogP contribution in [0.4, 0.5) is 5.69 Å². The summed E-state index contributed by atoms with van der Waals surface area (Å²) in [6.45, 7) is 4.73. The Labute approximate surface area is 158 Å². The van der Waals surface area contributed by atoms with Gasteiger partial charge < -0.3 is 15.2 Å². The van der Waals surface area contributed by atoms with Crippen molar-refractivity contribution in [3.05, 3.63) is 64.5 Å². The summed E-state index contributed by atoms with van der Waals surface area (Å²) in [6, 6.07) is 10.5. The van der Waals surface area contributed by atoms with Gasteiger partial charge in [0.05, 0.1) is 11.5 Å². The molecule has 0 aliphatic heterocycles. The van der Waals surface area contributed by atoms with Gasteiger partial charge in [-0.15, -0.1) is 24.0 Å². The zero-order chi connectivity index (χ0) is 16.5. The van der Waals surface area contributed by atoms with Crippen LogP contribution in [0.15, 0.2) is 53.8 Å². The van der Waals surface area contributed by atoms with Crippen LogP contribution < -0.4 is 10.6 Å². The van der Waals surface area contributed by atoms with Crippen molar-refractivity contribution >= 4 is 35.6 Å². The van der Waals surface area contributed by atoms with Gasteiger partial charge in [0.2, 0.25) is 0 Å². The van der Waals surface area contributed by atoms with Crippen molar-refractivity contribution in [1.82, 2.24) is 15.2 Å². The second-order valence-electron chi connectivity index (χ2n) is 4.97. The molecule has 2 N–H and O–H groups in total. The van der Waals surface area contributed by atoms with E-state index >= 15 is 0 Å². The third-order valence-corrected chi connectivity index (χ3v) is 3.21. The van der Waals surface area contributed by atoms with Crippen LogP contribution in [0, 0.1) is 10.1 Å². The standard InChI is InChI=1S/C16H21N5O2.HI/c1-2-17-16(18-8-11-20-9-3-4-10-20)19-13-14-6-5-7-15(12-14)21(22)23;/h3-7,9-10,12H,2,8,11,13H2,1H3,(H2,17,18,19);1H. The summed E-state index contributed by atoms with van der Waals surface area (Å²) in [7, 11) is 0. The average Bonchev–Trinajstić information content (AvgIpc) is 3.06. The van der Waals surface area contributed by atoms with E-state index < -0.39 is 4.92 Å². The average molecular weight is 443 g/mol. The zero-order valence-corrected chi connectivity index (χ0v) is 15.8. The molecule has 0 spiro atoms. The number of benzene rings is 1. The summed E-state index contributed by atoms with van der Waals surface area (Å²) in [5, 5.41) is 17.2. The Balaban J connectivity index is 0.00000288. The van der Waals surface area contributed by atoms with E-state index in [1.165, 1.54) is 6.07 Å². The molecule has 130 valence electrons. The van der Waals surface area contributed by atoms with Gasteiger partial charge in [-0.1, -0.05) is 12.1 Å². The number of nitro groups is 1. The minimum absolute atomic E-state index is 0. The molecule has 1 aromatic carbocycles. The fourth-order valence-electron chi connectivity index (χ4n) is 2.10. The van der Waals surface area contributed by atoms with E-state index in [0.29, 0.717) is 12.5 Å². The van der Waals surface area contributed by atoms with E-state index in [2.05, 4.69) is 20.2 Å². The Kier molecular flexibility index (Phi) is 8.84. The molecule has 0 amide bonds. The van der Waals surface area contributed by atoms with Gasteiger partial charge in [-0.3, -0.25) is 10.1 Å². The van der Waals surface area contributed by atoms with Crippen LogP contribution in [0.2, 0.25) is 0 Å². The molecule has 0 atom stereocenters. The predicted molar refractivity (Wildman–Crippen MR) is 106 cm³/mol. The third kappa shape index (κ3) is 6.57. The van der Waals surface area contributed by atoms with Gasteiger partial charge in [-0.2, -0.15) is 0 Å². The number of aromatic nitrogens is 1. The maximum Gasteiger partial charge on any atom is 0.269 e. The van der Waals surface area contributed by atoms with Crippen molar-refractivity contribution in [2.45, 2.75) is 20.0 Å². The van der Waals surface area contributed by atoms with Crippen LogP contribution >= 0.6 is 24.0 Å². The number of nitrogens with zero attached hydrogens (tertiary/aromatic N) is 3. The Morgan fingerprint density at radius 2 is 2.00 bits per heavy atom. The lowest BCUT2D eigenvalue weighted by Crippen LogP contribution is -2.38. The molecule has 0 bridgehead atoms. The first kappa shape index (κ1) is 19.9.